The summed E-state index contributed by atoms with van der Waals surface area (Å²) in [5.41, 5.74) is 1.61. The topological polar surface area (TPSA) is 115 Å². The largest absolute Gasteiger partial charge is 0.478 e. The summed E-state index contributed by atoms with van der Waals surface area (Å²) < 4.78 is 10.4. The number of carboxylic acids is 1. The molecule has 3 rings (SSSR count). The molecule has 0 aliphatic rings. The molecular formula is C24H22N2O6S. The number of hydrogen-bond donors (Lipinski definition) is 2. The maximum absolute atomic E-state index is 12.3. The molecule has 170 valence electrons. The Morgan fingerprint density at radius 1 is 1.00 bits per heavy atom. The fraction of sp³-hybridized carbons (Fsp3) is 0.167. The van der Waals surface area contributed by atoms with Crippen LogP contribution in [0.5, 0.6) is 0 Å². The number of rotatable bonds is 9. The highest BCUT2D eigenvalue weighted by Gasteiger charge is 2.20. The van der Waals surface area contributed by atoms with Crippen molar-refractivity contribution in [3.05, 3.63) is 88.9 Å². The molecule has 0 aliphatic heterocycles. The maximum atomic E-state index is 12.3. The molecular weight excluding hydrogens is 444 g/mol. The Bertz CT molecular complexity index is 1130. The Morgan fingerprint density at radius 3 is 2.15 bits per heavy atom. The quantitative estimate of drug-likeness (QED) is 0.346. The van der Waals surface area contributed by atoms with Gasteiger partial charge in [-0.2, -0.15) is 0 Å². The average molecular weight is 467 g/mol. The van der Waals surface area contributed by atoms with Crippen molar-refractivity contribution in [1.29, 1.82) is 0 Å². The zero-order chi connectivity index (χ0) is 23.6. The van der Waals surface area contributed by atoms with E-state index in [0.717, 1.165) is 22.5 Å². The Balaban J connectivity index is 1.59. The molecule has 2 N–H and O–H groups in total. The number of ether oxygens (including phenoxy) is 2. The van der Waals surface area contributed by atoms with Gasteiger partial charge in [0, 0.05) is 5.38 Å². The lowest BCUT2D eigenvalue weighted by atomic mass is 10.1. The van der Waals surface area contributed by atoms with E-state index in [1.807, 2.05) is 60.7 Å². The van der Waals surface area contributed by atoms with E-state index in [4.69, 9.17) is 9.47 Å². The third kappa shape index (κ3) is 7.29. The number of carboxylic acid groups (broad SMARTS) is 1. The molecule has 0 bridgehead atoms. The highest BCUT2D eigenvalue weighted by Crippen LogP contribution is 2.24. The Morgan fingerprint density at radius 2 is 1.58 bits per heavy atom. The fourth-order valence-electron chi connectivity index (χ4n) is 2.75. The maximum Gasteiger partial charge on any atom is 0.413 e. The van der Waals surface area contributed by atoms with Gasteiger partial charge in [-0.05, 0) is 18.1 Å². The summed E-state index contributed by atoms with van der Waals surface area (Å²) in [7, 11) is 0. The first-order valence-corrected chi connectivity index (χ1v) is 10.9. The van der Waals surface area contributed by atoms with E-state index in [2.05, 4.69) is 10.3 Å². The number of amides is 1. The van der Waals surface area contributed by atoms with Gasteiger partial charge in [0.25, 0.3) is 0 Å². The SMILES string of the molecule is CC(/C=C(/C(=O)O)c1csc(NC(=O)OCc2ccccc2)n1)C(=O)OCc1ccccc1. The predicted molar refractivity (Wildman–Crippen MR) is 123 cm³/mol. The summed E-state index contributed by atoms with van der Waals surface area (Å²) in [6.07, 6.45) is 0.570. The molecule has 3 aromatic rings. The summed E-state index contributed by atoms with van der Waals surface area (Å²) in [5.74, 6) is -2.62. The minimum atomic E-state index is -1.25. The lowest BCUT2D eigenvalue weighted by molar-refractivity contribution is -0.147. The minimum absolute atomic E-state index is 0.0911. The van der Waals surface area contributed by atoms with Gasteiger partial charge in [0.15, 0.2) is 5.13 Å². The van der Waals surface area contributed by atoms with Crippen molar-refractivity contribution in [3.63, 3.8) is 0 Å². The first-order chi connectivity index (χ1) is 15.9. The number of carbonyl (C=O) groups excluding carboxylic acids is 2. The van der Waals surface area contributed by atoms with Crippen LogP contribution in [-0.4, -0.2) is 28.1 Å². The molecule has 0 aliphatic carbocycles. The fourth-order valence-corrected chi connectivity index (χ4v) is 3.44. The number of nitrogens with zero attached hydrogens (tertiary/aromatic N) is 1. The molecule has 0 saturated heterocycles. The molecule has 0 saturated carbocycles. The zero-order valence-corrected chi connectivity index (χ0v) is 18.6. The van der Waals surface area contributed by atoms with Crippen LogP contribution in [0.25, 0.3) is 5.57 Å². The smallest absolute Gasteiger partial charge is 0.413 e. The summed E-state index contributed by atoms with van der Waals surface area (Å²) in [5, 5.41) is 13.7. The summed E-state index contributed by atoms with van der Waals surface area (Å²) in [6, 6.07) is 18.4. The predicted octanol–water partition coefficient (Wildman–Crippen LogP) is 4.74. The van der Waals surface area contributed by atoms with E-state index in [0.29, 0.717) is 0 Å². The van der Waals surface area contributed by atoms with E-state index < -0.39 is 23.9 Å². The number of hydrogen-bond acceptors (Lipinski definition) is 7. The third-order valence-corrected chi connectivity index (χ3v) is 5.20. The second-order valence-corrected chi connectivity index (χ2v) is 7.85. The van der Waals surface area contributed by atoms with Gasteiger partial charge < -0.3 is 14.6 Å². The molecule has 33 heavy (non-hydrogen) atoms. The van der Waals surface area contributed by atoms with Gasteiger partial charge in [-0.3, -0.25) is 10.1 Å². The van der Waals surface area contributed by atoms with E-state index >= 15 is 0 Å². The molecule has 1 amide bonds. The van der Waals surface area contributed by atoms with Crippen LogP contribution < -0.4 is 5.32 Å². The second kappa shape index (κ2) is 11.6. The van der Waals surface area contributed by atoms with Crippen LogP contribution >= 0.6 is 11.3 Å². The number of anilines is 1. The Hall–Kier alpha value is -3.98. The molecule has 1 unspecified atom stereocenters. The van der Waals surface area contributed by atoms with Crippen molar-refractivity contribution < 1.29 is 29.0 Å². The number of esters is 1. The molecule has 0 radical (unpaired) electrons. The highest BCUT2D eigenvalue weighted by molar-refractivity contribution is 7.14. The van der Waals surface area contributed by atoms with Crippen LogP contribution in [0.4, 0.5) is 9.93 Å². The van der Waals surface area contributed by atoms with E-state index in [-0.39, 0.29) is 29.6 Å². The normalized spacial score (nSPS) is 12.0. The highest BCUT2D eigenvalue weighted by atomic mass is 32.1. The van der Waals surface area contributed by atoms with Crippen LogP contribution in [0.15, 0.2) is 72.1 Å². The van der Waals surface area contributed by atoms with Crippen molar-refractivity contribution in [2.75, 3.05) is 5.32 Å². The van der Waals surface area contributed by atoms with Crippen molar-refractivity contribution in [3.8, 4) is 0 Å². The van der Waals surface area contributed by atoms with Crippen LogP contribution in [-0.2, 0) is 32.3 Å². The van der Waals surface area contributed by atoms with Gasteiger partial charge >= 0.3 is 18.0 Å². The molecule has 1 aromatic heterocycles. The van der Waals surface area contributed by atoms with E-state index in [9.17, 15) is 19.5 Å². The molecule has 0 fully saturated rings. The van der Waals surface area contributed by atoms with Gasteiger partial charge in [-0.25, -0.2) is 14.6 Å². The lowest BCUT2D eigenvalue weighted by Crippen LogP contribution is -2.15. The van der Waals surface area contributed by atoms with E-state index in [1.165, 1.54) is 11.5 Å². The van der Waals surface area contributed by atoms with Gasteiger partial charge in [0.1, 0.15) is 13.2 Å². The molecule has 8 nitrogen and oxygen atoms in total. The lowest BCUT2D eigenvalue weighted by Gasteiger charge is -2.09. The number of aliphatic carboxylic acids is 1. The Labute approximate surface area is 194 Å². The molecule has 1 heterocycles. The minimum Gasteiger partial charge on any atom is -0.478 e. The van der Waals surface area contributed by atoms with Crippen LogP contribution in [0.2, 0.25) is 0 Å². The number of aromatic nitrogens is 1. The number of benzene rings is 2. The van der Waals surface area contributed by atoms with Crippen LogP contribution in [0.3, 0.4) is 0 Å². The van der Waals surface area contributed by atoms with Crippen LogP contribution in [0, 0.1) is 5.92 Å². The van der Waals surface area contributed by atoms with E-state index in [1.54, 1.807) is 6.92 Å². The molecule has 1 atom stereocenters. The zero-order valence-electron chi connectivity index (χ0n) is 17.8. The molecule has 9 heteroatoms. The third-order valence-electron chi connectivity index (χ3n) is 4.44. The average Bonchev–Trinajstić information content (AvgIpc) is 3.28. The standard InChI is InChI=1S/C24H22N2O6S/c1-16(22(29)31-13-17-8-4-2-5-9-17)12-19(21(27)28)20-15-33-23(25-20)26-24(30)32-14-18-10-6-3-7-11-18/h2-12,15-16H,13-14H2,1H3,(H,27,28)(H,25,26,30)/b19-12+. The monoisotopic (exact) mass is 466 g/mol. The van der Waals surface area contributed by atoms with Gasteiger partial charge in [0.05, 0.1) is 17.2 Å². The van der Waals surface area contributed by atoms with Gasteiger partial charge in [-0.1, -0.05) is 66.7 Å². The summed E-state index contributed by atoms with van der Waals surface area (Å²) >= 11 is 1.04. The molecule has 0 spiro atoms. The first kappa shape index (κ1) is 23.7. The van der Waals surface area contributed by atoms with Crippen molar-refractivity contribution in [2.24, 2.45) is 5.92 Å². The van der Waals surface area contributed by atoms with Gasteiger partial charge in [-0.15, -0.1) is 11.3 Å². The second-order valence-electron chi connectivity index (χ2n) is 6.99. The summed E-state index contributed by atoms with van der Waals surface area (Å²) in [4.78, 5) is 40.2. The van der Waals surface area contributed by atoms with Crippen molar-refractivity contribution >= 4 is 40.1 Å². The first-order valence-electron chi connectivity index (χ1n) is 10.0. The number of carbonyl (C=O) groups is 3. The van der Waals surface area contributed by atoms with Crippen molar-refractivity contribution in [1.82, 2.24) is 4.98 Å². The molecule has 2 aromatic carbocycles. The Kier molecular flexibility index (Phi) is 8.31. The number of nitrogens with one attached hydrogen (secondary N) is 1. The van der Waals surface area contributed by atoms with Crippen molar-refractivity contribution in [2.45, 2.75) is 20.1 Å². The van der Waals surface area contributed by atoms with Gasteiger partial charge in [0.2, 0.25) is 0 Å². The van der Waals surface area contributed by atoms with Crippen LogP contribution in [0.1, 0.15) is 23.7 Å². The summed E-state index contributed by atoms with van der Waals surface area (Å²) in [6.45, 7) is 1.73. The number of thiazole rings is 1.